The van der Waals surface area contributed by atoms with Crippen molar-refractivity contribution >= 4 is 17.6 Å². The molecule has 3 rings (SSSR count). The standard InChI is InChI=1S/C20H21N5O4/c1-3-12-29-17-10-6-14(7-11-17)19-22-24-25(23-19)13-18(26)21-16-8-4-15(5-9-16)20(27)28-2/h4-11H,3,12-13H2,1-2H3,(H,21,26). The second kappa shape index (κ2) is 9.45. The van der Waals surface area contributed by atoms with Crippen LogP contribution in [-0.2, 0) is 16.1 Å². The Bertz CT molecular complexity index is 967. The van der Waals surface area contributed by atoms with Crippen molar-refractivity contribution in [3.05, 3.63) is 54.1 Å². The molecule has 29 heavy (non-hydrogen) atoms. The van der Waals surface area contributed by atoms with Gasteiger partial charge in [0.15, 0.2) is 0 Å². The van der Waals surface area contributed by atoms with Gasteiger partial charge in [-0.2, -0.15) is 4.80 Å². The highest BCUT2D eigenvalue weighted by molar-refractivity contribution is 5.92. The van der Waals surface area contributed by atoms with E-state index in [1.165, 1.54) is 11.9 Å². The summed E-state index contributed by atoms with van der Waals surface area (Å²) in [6, 6.07) is 13.7. The van der Waals surface area contributed by atoms with Crippen molar-refractivity contribution < 1.29 is 19.1 Å². The van der Waals surface area contributed by atoms with Gasteiger partial charge >= 0.3 is 5.97 Å². The highest BCUT2D eigenvalue weighted by Crippen LogP contribution is 2.19. The molecule has 0 radical (unpaired) electrons. The SMILES string of the molecule is CCCOc1ccc(-c2nnn(CC(=O)Nc3ccc(C(=O)OC)cc3)n2)cc1. The molecule has 9 nitrogen and oxygen atoms in total. The molecule has 150 valence electrons. The molecule has 1 heterocycles. The van der Waals surface area contributed by atoms with Crippen molar-refractivity contribution in [2.24, 2.45) is 0 Å². The Morgan fingerprint density at radius 3 is 2.45 bits per heavy atom. The Kier molecular flexibility index (Phi) is 6.51. The second-order valence-corrected chi connectivity index (χ2v) is 6.13. The first kappa shape index (κ1) is 20.0. The lowest BCUT2D eigenvalue weighted by atomic mass is 10.2. The van der Waals surface area contributed by atoms with Crippen LogP contribution in [0.15, 0.2) is 48.5 Å². The van der Waals surface area contributed by atoms with Crippen molar-refractivity contribution in [2.45, 2.75) is 19.9 Å². The maximum Gasteiger partial charge on any atom is 0.337 e. The molecule has 0 aliphatic rings. The normalized spacial score (nSPS) is 10.4. The summed E-state index contributed by atoms with van der Waals surface area (Å²) in [6.07, 6.45) is 0.940. The third kappa shape index (κ3) is 5.38. The number of esters is 1. The first-order valence-corrected chi connectivity index (χ1v) is 9.08. The van der Waals surface area contributed by atoms with Crippen molar-refractivity contribution in [1.82, 2.24) is 20.2 Å². The Morgan fingerprint density at radius 2 is 1.79 bits per heavy atom. The number of anilines is 1. The summed E-state index contributed by atoms with van der Waals surface area (Å²) in [6.45, 7) is 2.61. The molecule has 1 N–H and O–H groups in total. The second-order valence-electron chi connectivity index (χ2n) is 6.13. The molecule has 9 heteroatoms. The summed E-state index contributed by atoms with van der Waals surface area (Å²) in [7, 11) is 1.31. The van der Waals surface area contributed by atoms with Crippen LogP contribution in [0, 0.1) is 0 Å². The predicted molar refractivity (Wildman–Crippen MR) is 105 cm³/mol. The monoisotopic (exact) mass is 395 g/mol. The molecule has 0 aliphatic carbocycles. The Labute approximate surface area is 167 Å². The molecule has 0 unspecified atom stereocenters. The highest BCUT2D eigenvalue weighted by Gasteiger charge is 2.11. The first-order valence-electron chi connectivity index (χ1n) is 9.08. The molecule has 0 aliphatic heterocycles. The summed E-state index contributed by atoms with van der Waals surface area (Å²) in [4.78, 5) is 24.8. The van der Waals surface area contributed by atoms with Crippen molar-refractivity contribution in [1.29, 1.82) is 0 Å². The largest absolute Gasteiger partial charge is 0.494 e. The fourth-order valence-electron chi connectivity index (χ4n) is 2.48. The number of amides is 1. The van der Waals surface area contributed by atoms with Crippen LogP contribution in [0.5, 0.6) is 5.75 Å². The Morgan fingerprint density at radius 1 is 1.07 bits per heavy atom. The van der Waals surface area contributed by atoms with E-state index in [2.05, 4.69) is 25.5 Å². The van der Waals surface area contributed by atoms with Gasteiger partial charge in [0.05, 0.1) is 19.3 Å². The fourth-order valence-corrected chi connectivity index (χ4v) is 2.48. The van der Waals surface area contributed by atoms with Crippen LogP contribution in [0.2, 0.25) is 0 Å². The highest BCUT2D eigenvalue weighted by atomic mass is 16.5. The number of ether oxygens (including phenoxy) is 2. The van der Waals surface area contributed by atoms with Gasteiger partial charge in [-0.05, 0) is 60.2 Å². The van der Waals surface area contributed by atoms with Crippen molar-refractivity contribution in [3.8, 4) is 17.1 Å². The number of nitrogens with zero attached hydrogens (tertiary/aromatic N) is 4. The van der Waals surface area contributed by atoms with Crippen LogP contribution in [0.4, 0.5) is 5.69 Å². The summed E-state index contributed by atoms with van der Waals surface area (Å²) in [5, 5.41) is 14.9. The zero-order valence-electron chi connectivity index (χ0n) is 16.2. The Balaban J connectivity index is 1.58. The van der Waals surface area contributed by atoms with Crippen LogP contribution in [-0.4, -0.2) is 45.8 Å². The molecule has 1 amide bonds. The van der Waals surface area contributed by atoms with Gasteiger partial charge in [0.25, 0.3) is 0 Å². The topological polar surface area (TPSA) is 108 Å². The average Bonchev–Trinajstić information content (AvgIpc) is 3.20. The van der Waals surface area contributed by atoms with Crippen molar-refractivity contribution in [3.63, 3.8) is 0 Å². The molecular weight excluding hydrogens is 374 g/mol. The lowest BCUT2D eigenvalue weighted by Crippen LogP contribution is -2.20. The molecular formula is C20H21N5O4. The minimum Gasteiger partial charge on any atom is -0.494 e. The van der Waals surface area contributed by atoms with E-state index in [1.807, 2.05) is 31.2 Å². The van der Waals surface area contributed by atoms with Gasteiger partial charge in [-0.1, -0.05) is 6.92 Å². The minimum absolute atomic E-state index is 0.0938. The van der Waals surface area contributed by atoms with Gasteiger partial charge in [0, 0.05) is 11.3 Å². The molecule has 0 fully saturated rings. The summed E-state index contributed by atoms with van der Waals surface area (Å²) < 4.78 is 10.2. The van der Waals surface area contributed by atoms with E-state index in [0.717, 1.165) is 17.7 Å². The van der Waals surface area contributed by atoms with E-state index in [-0.39, 0.29) is 12.5 Å². The van der Waals surface area contributed by atoms with Crippen molar-refractivity contribution in [2.75, 3.05) is 19.0 Å². The minimum atomic E-state index is -0.438. The smallest absolute Gasteiger partial charge is 0.337 e. The predicted octanol–water partition coefficient (Wildman–Crippen LogP) is 2.55. The van der Waals surface area contributed by atoms with Crippen LogP contribution in [0.3, 0.4) is 0 Å². The van der Waals surface area contributed by atoms with E-state index in [4.69, 9.17) is 4.74 Å². The van der Waals surface area contributed by atoms with E-state index in [0.29, 0.717) is 23.7 Å². The number of hydrogen-bond donors (Lipinski definition) is 1. The fraction of sp³-hybridized carbons (Fsp3) is 0.250. The number of tetrazole rings is 1. The van der Waals surface area contributed by atoms with Gasteiger partial charge in [0.1, 0.15) is 12.3 Å². The third-order valence-electron chi connectivity index (χ3n) is 3.91. The molecule has 3 aromatic rings. The number of aromatic nitrogens is 4. The number of hydrogen-bond acceptors (Lipinski definition) is 7. The zero-order valence-corrected chi connectivity index (χ0v) is 16.2. The van der Waals surface area contributed by atoms with Crippen LogP contribution in [0.1, 0.15) is 23.7 Å². The third-order valence-corrected chi connectivity index (χ3v) is 3.91. The van der Waals surface area contributed by atoms with Crippen LogP contribution >= 0.6 is 0 Å². The summed E-state index contributed by atoms with van der Waals surface area (Å²) in [5.74, 6) is 0.443. The first-order chi connectivity index (χ1) is 14.1. The summed E-state index contributed by atoms with van der Waals surface area (Å²) >= 11 is 0. The number of carbonyl (C=O) groups is 2. The molecule has 0 spiro atoms. The van der Waals surface area contributed by atoms with Crippen LogP contribution in [0.25, 0.3) is 11.4 Å². The molecule has 0 atom stereocenters. The number of nitrogens with one attached hydrogen (secondary N) is 1. The van der Waals surface area contributed by atoms with Gasteiger partial charge in [-0.3, -0.25) is 4.79 Å². The zero-order chi connectivity index (χ0) is 20.6. The lowest BCUT2D eigenvalue weighted by Gasteiger charge is -2.05. The number of methoxy groups -OCH3 is 1. The molecule has 0 saturated carbocycles. The van der Waals surface area contributed by atoms with Gasteiger partial charge in [-0.25, -0.2) is 4.79 Å². The molecule has 1 aromatic heterocycles. The quantitative estimate of drug-likeness (QED) is 0.584. The number of carbonyl (C=O) groups excluding carboxylic acids is 2. The maximum atomic E-state index is 12.2. The number of rotatable bonds is 8. The van der Waals surface area contributed by atoms with Crippen LogP contribution < -0.4 is 10.1 Å². The van der Waals surface area contributed by atoms with Gasteiger partial charge < -0.3 is 14.8 Å². The average molecular weight is 395 g/mol. The Hall–Kier alpha value is -3.75. The van der Waals surface area contributed by atoms with E-state index in [1.54, 1.807) is 24.3 Å². The van der Waals surface area contributed by atoms with E-state index in [9.17, 15) is 9.59 Å². The number of benzene rings is 2. The van der Waals surface area contributed by atoms with Gasteiger partial charge in [-0.15, -0.1) is 10.2 Å². The van der Waals surface area contributed by atoms with Gasteiger partial charge in [0.2, 0.25) is 11.7 Å². The maximum absolute atomic E-state index is 12.2. The van der Waals surface area contributed by atoms with E-state index >= 15 is 0 Å². The molecule has 0 bridgehead atoms. The lowest BCUT2D eigenvalue weighted by molar-refractivity contribution is -0.117. The summed E-state index contributed by atoms with van der Waals surface area (Å²) in [5.41, 5.74) is 1.73. The van der Waals surface area contributed by atoms with E-state index < -0.39 is 5.97 Å². The molecule has 0 saturated heterocycles. The molecule has 2 aromatic carbocycles.